The summed E-state index contributed by atoms with van der Waals surface area (Å²) in [6.07, 6.45) is 0.499. The number of benzene rings is 2. The van der Waals surface area contributed by atoms with E-state index in [2.05, 4.69) is 26.0 Å². The topological polar surface area (TPSA) is 34.1 Å². The van der Waals surface area contributed by atoms with E-state index in [0.29, 0.717) is 17.5 Å². The summed E-state index contributed by atoms with van der Waals surface area (Å²) in [6.45, 7) is 6.18. The number of carbonyl (C=O) groups excluding carboxylic acids is 2. The van der Waals surface area contributed by atoms with Gasteiger partial charge in [0, 0.05) is 11.1 Å². The van der Waals surface area contributed by atoms with Crippen LogP contribution in [0, 0.1) is 26.7 Å². The lowest BCUT2D eigenvalue weighted by Gasteiger charge is -2.12. The van der Waals surface area contributed by atoms with E-state index in [-0.39, 0.29) is 11.6 Å². The zero-order valence-electron chi connectivity index (χ0n) is 12.6. The van der Waals surface area contributed by atoms with E-state index in [1.165, 1.54) is 11.1 Å². The SMILES string of the molecule is Cc1cc(C)c(CC2C(=O)c3ccccc3C2=O)cc1C. The lowest BCUT2D eigenvalue weighted by molar-refractivity contribution is 0.0838. The highest BCUT2D eigenvalue weighted by atomic mass is 16.2. The minimum Gasteiger partial charge on any atom is -0.293 e. The fourth-order valence-corrected chi connectivity index (χ4v) is 3.05. The molecule has 106 valence electrons. The maximum Gasteiger partial charge on any atom is 0.174 e. The molecule has 21 heavy (non-hydrogen) atoms. The molecule has 0 aliphatic heterocycles. The number of rotatable bonds is 2. The van der Waals surface area contributed by atoms with Gasteiger partial charge in [0.1, 0.15) is 0 Å². The van der Waals surface area contributed by atoms with Crippen molar-refractivity contribution in [3.8, 4) is 0 Å². The monoisotopic (exact) mass is 278 g/mol. The van der Waals surface area contributed by atoms with Gasteiger partial charge < -0.3 is 0 Å². The molecule has 0 saturated heterocycles. The van der Waals surface area contributed by atoms with E-state index in [1.807, 2.05) is 19.1 Å². The predicted molar refractivity (Wildman–Crippen MR) is 83.0 cm³/mol. The van der Waals surface area contributed by atoms with Crippen LogP contribution < -0.4 is 0 Å². The lowest BCUT2D eigenvalue weighted by Crippen LogP contribution is -2.18. The summed E-state index contributed by atoms with van der Waals surface area (Å²) < 4.78 is 0. The first-order valence-corrected chi connectivity index (χ1v) is 7.23. The Morgan fingerprint density at radius 1 is 0.810 bits per heavy atom. The molecule has 0 bridgehead atoms. The maximum atomic E-state index is 12.5. The van der Waals surface area contributed by atoms with Crippen LogP contribution in [0.25, 0.3) is 0 Å². The Balaban J connectivity index is 1.96. The van der Waals surface area contributed by atoms with E-state index >= 15 is 0 Å². The second-order valence-electron chi connectivity index (χ2n) is 5.89. The van der Waals surface area contributed by atoms with Gasteiger partial charge in [0.15, 0.2) is 11.6 Å². The largest absolute Gasteiger partial charge is 0.293 e. The fraction of sp³-hybridized carbons (Fsp3) is 0.263. The highest BCUT2D eigenvalue weighted by molar-refractivity contribution is 6.26. The van der Waals surface area contributed by atoms with Crippen LogP contribution in [-0.2, 0) is 6.42 Å². The van der Waals surface area contributed by atoms with E-state index < -0.39 is 5.92 Å². The second-order valence-corrected chi connectivity index (χ2v) is 5.89. The van der Waals surface area contributed by atoms with Gasteiger partial charge >= 0.3 is 0 Å². The molecule has 0 fully saturated rings. The molecule has 1 aliphatic rings. The number of hydrogen-bond donors (Lipinski definition) is 0. The molecule has 2 aromatic rings. The number of carbonyl (C=O) groups is 2. The smallest absolute Gasteiger partial charge is 0.174 e. The van der Waals surface area contributed by atoms with Crippen molar-refractivity contribution < 1.29 is 9.59 Å². The van der Waals surface area contributed by atoms with Gasteiger partial charge in [-0.05, 0) is 49.4 Å². The molecule has 2 heteroatoms. The van der Waals surface area contributed by atoms with Crippen molar-refractivity contribution in [2.45, 2.75) is 27.2 Å². The number of hydrogen-bond acceptors (Lipinski definition) is 2. The van der Waals surface area contributed by atoms with Gasteiger partial charge in [0.2, 0.25) is 0 Å². The summed E-state index contributed by atoms with van der Waals surface area (Å²) in [5.41, 5.74) is 5.84. The number of ketones is 2. The van der Waals surface area contributed by atoms with Crippen molar-refractivity contribution in [1.29, 1.82) is 0 Å². The molecule has 0 atom stereocenters. The van der Waals surface area contributed by atoms with Crippen molar-refractivity contribution in [2.75, 3.05) is 0 Å². The average molecular weight is 278 g/mol. The number of fused-ring (bicyclic) bond motifs is 1. The molecule has 0 saturated carbocycles. The zero-order valence-corrected chi connectivity index (χ0v) is 12.6. The summed E-state index contributed by atoms with van der Waals surface area (Å²) in [6, 6.07) is 11.4. The number of aryl methyl sites for hydroxylation is 3. The molecule has 2 nitrogen and oxygen atoms in total. The van der Waals surface area contributed by atoms with Crippen LogP contribution in [0.4, 0.5) is 0 Å². The predicted octanol–water partition coefficient (Wildman–Crippen LogP) is 3.85. The third kappa shape index (κ3) is 2.21. The van der Waals surface area contributed by atoms with Crippen LogP contribution in [0.1, 0.15) is 43.0 Å². The van der Waals surface area contributed by atoms with Crippen LogP contribution in [0.15, 0.2) is 36.4 Å². The van der Waals surface area contributed by atoms with Gasteiger partial charge in [-0.3, -0.25) is 9.59 Å². The molecular weight excluding hydrogens is 260 g/mol. The standard InChI is InChI=1S/C19H18O2/c1-11-8-13(3)14(9-12(11)2)10-17-18(20)15-6-4-5-7-16(15)19(17)21/h4-9,17H,10H2,1-3H3. The Hall–Kier alpha value is -2.22. The van der Waals surface area contributed by atoms with Gasteiger partial charge in [-0.25, -0.2) is 0 Å². The first-order valence-electron chi connectivity index (χ1n) is 7.23. The highest BCUT2D eigenvalue weighted by Crippen LogP contribution is 2.30. The van der Waals surface area contributed by atoms with Crippen LogP contribution in [-0.4, -0.2) is 11.6 Å². The summed E-state index contributed by atoms with van der Waals surface area (Å²) in [7, 11) is 0. The van der Waals surface area contributed by atoms with Crippen molar-refractivity contribution in [1.82, 2.24) is 0 Å². The van der Waals surface area contributed by atoms with Crippen molar-refractivity contribution in [3.05, 3.63) is 69.8 Å². The summed E-state index contributed by atoms with van der Waals surface area (Å²) in [5, 5.41) is 0. The van der Waals surface area contributed by atoms with Crippen LogP contribution in [0.2, 0.25) is 0 Å². The minimum atomic E-state index is -0.553. The molecule has 1 aliphatic carbocycles. The molecule has 3 rings (SSSR count). The van der Waals surface area contributed by atoms with Gasteiger partial charge in [0.25, 0.3) is 0 Å². The van der Waals surface area contributed by atoms with Gasteiger partial charge in [-0.1, -0.05) is 36.4 Å². The van der Waals surface area contributed by atoms with E-state index in [4.69, 9.17) is 0 Å². The molecule has 2 aromatic carbocycles. The molecule has 0 spiro atoms. The normalized spacial score (nSPS) is 14.6. The van der Waals surface area contributed by atoms with Gasteiger partial charge in [0.05, 0.1) is 5.92 Å². The first-order chi connectivity index (χ1) is 9.99. The van der Waals surface area contributed by atoms with Crippen LogP contribution >= 0.6 is 0 Å². The van der Waals surface area contributed by atoms with Crippen molar-refractivity contribution in [2.24, 2.45) is 5.92 Å². The van der Waals surface area contributed by atoms with E-state index in [9.17, 15) is 9.59 Å². The Morgan fingerprint density at radius 2 is 1.33 bits per heavy atom. The van der Waals surface area contributed by atoms with Crippen molar-refractivity contribution >= 4 is 11.6 Å². The average Bonchev–Trinajstić information content (AvgIpc) is 2.70. The molecule has 0 radical (unpaired) electrons. The quantitative estimate of drug-likeness (QED) is 0.782. The fourth-order valence-electron chi connectivity index (χ4n) is 3.05. The second kappa shape index (κ2) is 4.96. The van der Waals surface area contributed by atoms with Crippen LogP contribution in [0.3, 0.4) is 0 Å². The summed E-state index contributed by atoms with van der Waals surface area (Å²) in [4.78, 5) is 24.9. The Morgan fingerprint density at radius 3 is 1.90 bits per heavy atom. The maximum absolute atomic E-state index is 12.5. The van der Waals surface area contributed by atoms with E-state index in [0.717, 1.165) is 11.1 Å². The molecule has 0 unspecified atom stereocenters. The highest BCUT2D eigenvalue weighted by Gasteiger charge is 2.38. The third-order valence-corrected chi connectivity index (χ3v) is 4.47. The molecule has 0 aromatic heterocycles. The summed E-state index contributed by atoms with van der Waals surface area (Å²) in [5.74, 6) is -0.621. The van der Waals surface area contributed by atoms with Gasteiger partial charge in [-0.15, -0.1) is 0 Å². The van der Waals surface area contributed by atoms with Gasteiger partial charge in [-0.2, -0.15) is 0 Å². The minimum absolute atomic E-state index is 0.0340. The third-order valence-electron chi connectivity index (χ3n) is 4.47. The molecule has 0 N–H and O–H groups in total. The molecular formula is C19H18O2. The zero-order chi connectivity index (χ0) is 15.1. The van der Waals surface area contributed by atoms with Crippen molar-refractivity contribution in [3.63, 3.8) is 0 Å². The molecule has 0 amide bonds. The van der Waals surface area contributed by atoms with Crippen LogP contribution in [0.5, 0.6) is 0 Å². The Bertz CT molecular complexity index is 721. The molecule has 0 heterocycles. The Labute approximate surface area is 124 Å². The Kier molecular flexibility index (Phi) is 3.25. The first kappa shape index (κ1) is 13.7. The van der Waals surface area contributed by atoms with E-state index in [1.54, 1.807) is 12.1 Å². The lowest BCUT2D eigenvalue weighted by atomic mass is 9.90. The number of Topliss-reactive ketones (excluding diaryl/α,β-unsaturated/α-hetero) is 2. The summed E-state index contributed by atoms with van der Waals surface area (Å²) >= 11 is 0.